The lowest BCUT2D eigenvalue weighted by molar-refractivity contribution is -0.384. The first kappa shape index (κ1) is 21.2. The maximum absolute atomic E-state index is 12.5. The Morgan fingerprint density at radius 1 is 1.30 bits per heavy atom. The van der Waals surface area contributed by atoms with Crippen molar-refractivity contribution in [2.45, 2.75) is 44.2 Å². The molecular weight excluding hydrogens is 392 g/mol. The van der Waals surface area contributed by atoms with Crippen LogP contribution in [-0.4, -0.2) is 51.5 Å². The number of aromatic nitrogens is 3. The molecule has 0 radical (unpaired) electrons. The first-order valence-corrected chi connectivity index (χ1v) is 9.76. The van der Waals surface area contributed by atoms with Gasteiger partial charge in [0.2, 0.25) is 5.91 Å². The van der Waals surface area contributed by atoms with Crippen LogP contribution in [0.2, 0.25) is 0 Å². The largest absolute Gasteiger partial charge is 0.464 e. The number of hydrogen-bond donors (Lipinski definition) is 2. The highest BCUT2D eigenvalue weighted by Gasteiger charge is 2.29. The molecule has 1 fully saturated rings. The van der Waals surface area contributed by atoms with Crippen molar-refractivity contribution in [1.82, 2.24) is 20.3 Å². The monoisotopic (exact) mass is 416 g/mol. The van der Waals surface area contributed by atoms with Gasteiger partial charge >= 0.3 is 5.97 Å². The number of carbonyl (C=O) groups excluding carboxylic acids is 2. The highest BCUT2D eigenvalue weighted by atomic mass is 16.6. The van der Waals surface area contributed by atoms with Gasteiger partial charge in [0.1, 0.15) is 5.69 Å². The zero-order valence-electron chi connectivity index (χ0n) is 16.6. The van der Waals surface area contributed by atoms with Gasteiger partial charge in [0.05, 0.1) is 30.3 Å². The van der Waals surface area contributed by atoms with Crippen LogP contribution >= 0.6 is 0 Å². The zero-order chi connectivity index (χ0) is 21.5. The third-order valence-corrected chi connectivity index (χ3v) is 5.09. The van der Waals surface area contributed by atoms with E-state index in [0.717, 1.165) is 25.7 Å². The lowest BCUT2D eigenvalue weighted by Crippen LogP contribution is -2.43. The van der Waals surface area contributed by atoms with E-state index >= 15 is 0 Å². The van der Waals surface area contributed by atoms with Gasteiger partial charge in [-0.1, -0.05) is 30.2 Å². The van der Waals surface area contributed by atoms with Gasteiger partial charge in [-0.05, 0) is 18.9 Å². The molecule has 3 rings (SSSR count). The molecule has 0 bridgehead atoms. The van der Waals surface area contributed by atoms with Crippen molar-refractivity contribution in [2.75, 3.05) is 19.0 Å². The standard InChI is InChI=1S/C19H24N6O5/c1-30-19(27)15-12-24(23-22-15)16-8-4-3-7-14(16)21-18(26)10-11-20-13-6-2-5-9-17(13)25(28)29/h2,5-6,9,12,14,16,20H,3-4,7-8,10-11H2,1H3,(H,21,26)/t14-,16+/m1/s1. The maximum atomic E-state index is 12.5. The Morgan fingerprint density at radius 2 is 2.07 bits per heavy atom. The van der Waals surface area contributed by atoms with Crippen LogP contribution in [0.3, 0.4) is 0 Å². The number of rotatable bonds is 8. The Hall–Kier alpha value is -3.50. The van der Waals surface area contributed by atoms with Gasteiger partial charge in [-0.2, -0.15) is 0 Å². The molecule has 11 heteroatoms. The summed E-state index contributed by atoms with van der Waals surface area (Å²) in [5, 5.41) is 24.9. The number of benzene rings is 1. The average Bonchev–Trinajstić information content (AvgIpc) is 3.24. The molecule has 30 heavy (non-hydrogen) atoms. The number of methoxy groups -OCH3 is 1. The number of nitro benzene ring substituents is 1. The van der Waals surface area contributed by atoms with E-state index in [1.165, 1.54) is 19.4 Å². The molecular formula is C19H24N6O5. The topological polar surface area (TPSA) is 141 Å². The zero-order valence-corrected chi connectivity index (χ0v) is 16.6. The number of esters is 1. The van der Waals surface area contributed by atoms with E-state index in [-0.39, 0.29) is 42.3 Å². The number of nitrogens with one attached hydrogen (secondary N) is 2. The van der Waals surface area contributed by atoms with Crippen LogP contribution < -0.4 is 10.6 Å². The van der Waals surface area contributed by atoms with Crippen molar-refractivity contribution in [2.24, 2.45) is 0 Å². The number of nitrogens with zero attached hydrogens (tertiary/aromatic N) is 4. The van der Waals surface area contributed by atoms with Gasteiger partial charge in [-0.3, -0.25) is 14.9 Å². The quantitative estimate of drug-likeness (QED) is 0.378. The van der Waals surface area contributed by atoms with E-state index in [9.17, 15) is 19.7 Å². The van der Waals surface area contributed by atoms with Crippen LogP contribution in [0.4, 0.5) is 11.4 Å². The summed E-state index contributed by atoms with van der Waals surface area (Å²) in [6, 6.07) is 6.07. The van der Waals surface area contributed by atoms with Crippen LogP contribution in [0.1, 0.15) is 48.6 Å². The van der Waals surface area contributed by atoms with Gasteiger partial charge in [0.15, 0.2) is 5.69 Å². The molecule has 1 aliphatic rings. The predicted molar refractivity (Wildman–Crippen MR) is 107 cm³/mol. The summed E-state index contributed by atoms with van der Waals surface area (Å²) in [4.78, 5) is 34.7. The fourth-order valence-corrected chi connectivity index (χ4v) is 3.61. The van der Waals surface area contributed by atoms with Crippen LogP contribution in [0.5, 0.6) is 0 Å². The van der Waals surface area contributed by atoms with Crippen molar-refractivity contribution < 1.29 is 19.2 Å². The van der Waals surface area contributed by atoms with Crippen LogP contribution in [-0.2, 0) is 9.53 Å². The van der Waals surface area contributed by atoms with E-state index in [1.807, 2.05) is 0 Å². The molecule has 0 unspecified atom stereocenters. The third-order valence-electron chi connectivity index (χ3n) is 5.09. The van der Waals surface area contributed by atoms with E-state index in [1.54, 1.807) is 22.9 Å². The second-order valence-electron chi connectivity index (χ2n) is 7.05. The number of nitro groups is 1. The molecule has 1 heterocycles. The Balaban J connectivity index is 1.56. The highest BCUT2D eigenvalue weighted by Crippen LogP contribution is 2.28. The van der Waals surface area contributed by atoms with Crippen molar-refractivity contribution >= 4 is 23.3 Å². The minimum atomic E-state index is -0.557. The van der Waals surface area contributed by atoms with Gasteiger partial charge < -0.3 is 15.4 Å². The van der Waals surface area contributed by atoms with Crippen molar-refractivity contribution in [3.8, 4) is 0 Å². The smallest absolute Gasteiger partial charge is 0.360 e. The lowest BCUT2D eigenvalue weighted by atomic mass is 9.90. The molecule has 1 aromatic carbocycles. The Labute approximate surface area is 172 Å². The third kappa shape index (κ3) is 5.10. The van der Waals surface area contributed by atoms with E-state index in [4.69, 9.17) is 0 Å². The minimum absolute atomic E-state index is 0.0298. The number of hydrogen-bond acceptors (Lipinski definition) is 8. The minimum Gasteiger partial charge on any atom is -0.464 e. The molecule has 2 N–H and O–H groups in total. The average molecular weight is 416 g/mol. The summed E-state index contributed by atoms with van der Waals surface area (Å²) in [6.45, 7) is 0.268. The first-order valence-electron chi connectivity index (χ1n) is 9.76. The highest BCUT2D eigenvalue weighted by molar-refractivity contribution is 5.86. The summed E-state index contributed by atoms with van der Waals surface area (Å²) in [7, 11) is 1.28. The van der Waals surface area contributed by atoms with Gasteiger partial charge in [-0.25, -0.2) is 9.48 Å². The molecule has 11 nitrogen and oxygen atoms in total. The summed E-state index contributed by atoms with van der Waals surface area (Å²) in [5.41, 5.74) is 0.475. The Bertz CT molecular complexity index is 914. The summed E-state index contributed by atoms with van der Waals surface area (Å²) >= 11 is 0. The van der Waals surface area contributed by atoms with Crippen LogP contribution in [0.25, 0.3) is 0 Å². The van der Waals surface area contributed by atoms with Crippen molar-refractivity contribution in [3.63, 3.8) is 0 Å². The molecule has 1 amide bonds. The molecule has 1 saturated carbocycles. The lowest BCUT2D eigenvalue weighted by Gasteiger charge is -2.32. The fourth-order valence-electron chi connectivity index (χ4n) is 3.61. The van der Waals surface area contributed by atoms with E-state index in [2.05, 4.69) is 25.7 Å². The Kier molecular flexibility index (Phi) is 6.94. The number of ether oxygens (including phenoxy) is 1. The van der Waals surface area contributed by atoms with Crippen molar-refractivity contribution in [3.05, 3.63) is 46.3 Å². The van der Waals surface area contributed by atoms with Crippen molar-refractivity contribution in [1.29, 1.82) is 0 Å². The molecule has 0 spiro atoms. The molecule has 160 valence electrons. The summed E-state index contributed by atoms with van der Waals surface area (Å²) < 4.78 is 6.27. The second kappa shape index (κ2) is 9.81. The summed E-state index contributed by atoms with van der Waals surface area (Å²) in [5.74, 6) is -0.718. The molecule has 2 atom stereocenters. The van der Waals surface area contributed by atoms with Gasteiger partial charge in [0.25, 0.3) is 5.69 Å². The molecule has 2 aromatic rings. The number of para-hydroxylation sites is 2. The van der Waals surface area contributed by atoms with Crippen LogP contribution in [0, 0.1) is 10.1 Å². The number of anilines is 1. The molecule has 0 saturated heterocycles. The number of carbonyl (C=O) groups is 2. The van der Waals surface area contributed by atoms with Gasteiger partial charge in [-0.15, -0.1) is 5.10 Å². The number of amides is 1. The summed E-state index contributed by atoms with van der Waals surface area (Å²) in [6.07, 6.45) is 5.28. The fraction of sp³-hybridized carbons (Fsp3) is 0.474. The maximum Gasteiger partial charge on any atom is 0.360 e. The molecule has 1 aliphatic carbocycles. The second-order valence-corrected chi connectivity index (χ2v) is 7.05. The van der Waals surface area contributed by atoms with E-state index < -0.39 is 10.9 Å². The molecule has 0 aliphatic heterocycles. The van der Waals surface area contributed by atoms with Gasteiger partial charge in [0, 0.05) is 19.0 Å². The SMILES string of the molecule is COC(=O)c1cn([C@H]2CCCC[C@H]2NC(=O)CCNc2ccccc2[N+](=O)[O-])nn1. The first-order chi connectivity index (χ1) is 14.5. The predicted octanol–water partition coefficient (Wildman–Crippen LogP) is 2.07. The van der Waals surface area contributed by atoms with E-state index in [0.29, 0.717) is 5.69 Å². The van der Waals surface area contributed by atoms with Crippen LogP contribution in [0.15, 0.2) is 30.5 Å². The normalized spacial score (nSPS) is 18.4. The molecule has 1 aromatic heterocycles. The Morgan fingerprint density at radius 3 is 2.83 bits per heavy atom.